The molecule has 1 amide bonds. The zero-order valence-corrected chi connectivity index (χ0v) is 16.0. The van der Waals surface area contributed by atoms with Crippen LogP contribution in [-0.4, -0.2) is 40.6 Å². The molecule has 2 unspecified atom stereocenters. The molecule has 1 saturated heterocycles. The van der Waals surface area contributed by atoms with Gasteiger partial charge in [-0.05, 0) is 43.0 Å². The summed E-state index contributed by atoms with van der Waals surface area (Å²) in [6.07, 6.45) is -0.00667. The molecular weight excluding hydrogens is 385 g/mol. The summed E-state index contributed by atoms with van der Waals surface area (Å²) < 4.78 is 43.4. The number of likely N-dealkylation sites (tertiary alicyclic amines) is 1. The van der Waals surface area contributed by atoms with E-state index in [1.807, 2.05) is 0 Å². The summed E-state index contributed by atoms with van der Waals surface area (Å²) in [5, 5.41) is 10.9. The first-order chi connectivity index (χ1) is 13.8. The fraction of sp³-hybridized carbons (Fsp3) is 0.429. The van der Waals surface area contributed by atoms with Crippen LogP contribution >= 0.6 is 0 Å². The number of piperidine rings is 1. The molecule has 2 aromatic rings. The van der Waals surface area contributed by atoms with Gasteiger partial charge in [0.25, 0.3) is 0 Å². The maximum atomic E-state index is 12.9. The number of amides is 1. The number of benzene rings is 1. The SMILES string of the molecule is COc1ccncc1C(O)C1CCCCN1C(=O)Cc1ccc(C(F)(F)F)cc1. The average Bonchev–Trinajstić information content (AvgIpc) is 2.73. The van der Waals surface area contributed by atoms with Crippen LogP contribution in [0.3, 0.4) is 0 Å². The highest BCUT2D eigenvalue weighted by Crippen LogP contribution is 2.33. The highest BCUT2D eigenvalue weighted by molar-refractivity contribution is 5.79. The van der Waals surface area contributed by atoms with Crippen LogP contribution in [0.25, 0.3) is 0 Å². The summed E-state index contributed by atoms with van der Waals surface area (Å²) in [5.74, 6) is 0.268. The second-order valence-electron chi connectivity index (χ2n) is 7.08. The monoisotopic (exact) mass is 408 g/mol. The predicted molar refractivity (Wildman–Crippen MR) is 100 cm³/mol. The lowest BCUT2D eigenvalue weighted by molar-refractivity contribution is -0.137. The van der Waals surface area contributed by atoms with Crippen LogP contribution in [-0.2, 0) is 17.4 Å². The Bertz CT molecular complexity index is 840. The van der Waals surface area contributed by atoms with Crippen molar-refractivity contribution in [1.82, 2.24) is 9.88 Å². The van der Waals surface area contributed by atoms with Gasteiger partial charge >= 0.3 is 6.18 Å². The number of pyridine rings is 1. The van der Waals surface area contributed by atoms with Crippen LogP contribution in [0.2, 0.25) is 0 Å². The Morgan fingerprint density at radius 3 is 2.66 bits per heavy atom. The van der Waals surface area contributed by atoms with E-state index in [0.717, 1.165) is 25.0 Å². The highest BCUT2D eigenvalue weighted by Gasteiger charge is 2.34. The second kappa shape index (κ2) is 8.82. The van der Waals surface area contributed by atoms with Gasteiger partial charge in [0, 0.05) is 24.5 Å². The quantitative estimate of drug-likeness (QED) is 0.818. The highest BCUT2D eigenvalue weighted by atomic mass is 19.4. The van der Waals surface area contributed by atoms with E-state index in [1.165, 1.54) is 25.4 Å². The molecule has 0 bridgehead atoms. The van der Waals surface area contributed by atoms with Gasteiger partial charge in [0.05, 0.1) is 25.1 Å². The summed E-state index contributed by atoms with van der Waals surface area (Å²) in [4.78, 5) is 18.6. The second-order valence-corrected chi connectivity index (χ2v) is 7.08. The Kier molecular flexibility index (Phi) is 6.42. The van der Waals surface area contributed by atoms with Gasteiger partial charge < -0.3 is 14.7 Å². The number of aliphatic hydroxyl groups excluding tert-OH is 1. The van der Waals surface area contributed by atoms with Gasteiger partial charge in [0.1, 0.15) is 11.9 Å². The molecule has 0 radical (unpaired) electrons. The topological polar surface area (TPSA) is 62.7 Å². The zero-order chi connectivity index (χ0) is 21.0. The minimum absolute atomic E-state index is 0.0223. The largest absolute Gasteiger partial charge is 0.496 e. The third-order valence-electron chi connectivity index (χ3n) is 5.22. The summed E-state index contributed by atoms with van der Waals surface area (Å²) >= 11 is 0. The van der Waals surface area contributed by atoms with E-state index >= 15 is 0 Å². The number of halogens is 3. The predicted octanol–water partition coefficient (Wildman–Crippen LogP) is 3.77. The van der Waals surface area contributed by atoms with Crippen LogP contribution in [0, 0.1) is 0 Å². The molecule has 1 aliphatic rings. The van der Waals surface area contributed by atoms with E-state index < -0.39 is 23.9 Å². The molecule has 29 heavy (non-hydrogen) atoms. The van der Waals surface area contributed by atoms with E-state index in [4.69, 9.17) is 4.74 Å². The molecule has 0 saturated carbocycles. The molecule has 1 aromatic carbocycles. The van der Waals surface area contributed by atoms with Crippen molar-refractivity contribution in [2.24, 2.45) is 0 Å². The Balaban J connectivity index is 1.76. The number of aliphatic hydroxyl groups is 1. The molecule has 1 fully saturated rings. The van der Waals surface area contributed by atoms with E-state index in [9.17, 15) is 23.1 Å². The molecule has 3 rings (SSSR count). The number of ether oxygens (including phenoxy) is 1. The molecular formula is C21H23F3N2O3. The van der Waals surface area contributed by atoms with E-state index in [2.05, 4.69) is 4.98 Å². The number of nitrogens with zero attached hydrogens (tertiary/aromatic N) is 2. The molecule has 1 aliphatic heterocycles. The number of methoxy groups -OCH3 is 1. The molecule has 156 valence electrons. The normalized spacial score (nSPS) is 18.4. The number of hydrogen-bond donors (Lipinski definition) is 1. The van der Waals surface area contributed by atoms with Crippen molar-refractivity contribution in [1.29, 1.82) is 0 Å². The van der Waals surface area contributed by atoms with Gasteiger partial charge in [-0.1, -0.05) is 12.1 Å². The number of aromatic nitrogens is 1. The lowest BCUT2D eigenvalue weighted by Gasteiger charge is -2.39. The first kappa shape index (κ1) is 21.1. The van der Waals surface area contributed by atoms with Crippen LogP contribution < -0.4 is 4.74 Å². The van der Waals surface area contributed by atoms with Gasteiger partial charge in [-0.25, -0.2) is 0 Å². The minimum Gasteiger partial charge on any atom is -0.496 e. The molecule has 2 heterocycles. The van der Waals surface area contributed by atoms with Gasteiger partial charge in [-0.15, -0.1) is 0 Å². The van der Waals surface area contributed by atoms with Gasteiger partial charge in [-0.3, -0.25) is 9.78 Å². The summed E-state index contributed by atoms with van der Waals surface area (Å²) in [5.41, 5.74) is 0.263. The lowest BCUT2D eigenvalue weighted by atomic mass is 9.92. The van der Waals surface area contributed by atoms with E-state index in [1.54, 1.807) is 17.2 Å². The van der Waals surface area contributed by atoms with Crippen molar-refractivity contribution in [2.75, 3.05) is 13.7 Å². The Morgan fingerprint density at radius 1 is 1.28 bits per heavy atom. The summed E-state index contributed by atoms with van der Waals surface area (Å²) in [7, 11) is 1.50. The zero-order valence-electron chi connectivity index (χ0n) is 16.0. The van der Waals surface area contributed by atoms with Crippen LogP contribution in [0.15, 0.2) is 42.7 Å². The van der Waals surface area contributed by atoms with Crippen molar-refractivity contribution in [3.05, 3.63) is 59.4 Å². The van der Waals surface area contributed by atoms with Crippen molar-refractivity contribution < 1.29 is 27.8 Å². The van der Waals surface area contributed by atoms with E-state index in [-0.39, 0.29) is 12.3 Å². The van der Waals surface area contributed by atoms with Crippen LogP contribution in [0.4, 0.5) is 13.2 Å². The number of carbonyl (C=O) groups excluding carboxylic acids is 1. The molecule has 1 aromatic heterocycles. The van der Waals surface area contributed by atoms with Crippen molar-refractivity contribution in [3.8, 4) is 5.75 Å². The van der Waals surface area contributed by atoms with E-state index in [0.29, 0.717) is 29.8 Å². The Morgan fingerprint density at radius 2 is 2.00 bits per heavy atom. The van der Waals surface area contributed by atoms with Crippen molar-refractivity contribution >= 4 is 5.91 Å². The smallest absolute Gasteiger partial charge is 0.416 e. The van der Waals surface area contributed by atoms with Crippen molar-refractivity contribution in [3.63, 3.8) is 0 Å². The number of alkyl halides is 3. The molecule has 8 heteroatoms. The standard InChI is InChI=1S/C21H23F3N2O3/c1-29-18-9-10-25-13-16(18)20(28)17-4-2-3-11-26(17)19(27)12-14-5-7-15(8-6-14)21(22,23)24/h5-10,13,17,20,28H,2-4,11-12H2,1H3. The third kappa shape index (κ3) is 4.87. The Hall–Kier alpha value is -2.61. The lowest BCUT2D eigenvalue weighted by Crippen LogP contribution is -2.47. The fourth-order valence-electron chi connectivity index (χ4n) is 3.69. The third-order valence-corrected chi connectivity index (χ3v) is 5.22. The molecule has 2 atom stereocenters. The molecule has 5 nitrogen and oxygen atoms in total. The summed E-state index contributed by atoms with van der Waals surface area (Å²) in [6.45, 7) is 0.490. The minimum atomic E-state index is -4.41. The number of hydrogen-bond acceptors (Lipinski definition) is 4. The molecule has 1 N–H and O–H groups in total. The van der Waals surface area contributed by atoms with Gasteiger partial charge in [0.15, 0.2) is 0 Å². The number of rotatable bonds is 5. The van der Waals surface area contributed by atoms with Crippen LogP contribution in [0.1, 0.15) is 42.1 Å². The Labute approximate surface area is 167 Å². The van der Waals surface area contributed by atoms with Gasteiger partial charge in [-0.2, -0.15) is 13.2 Å². The molecule has 0 aliphatic carbocycles. The first-order valence-corrected chi connectivity index (χ1v) is 9.43. The van der Waals surface area contributed by atoms with Gasteiger partial charge in [0.2, 0.25) is 5.91 Å². The van der Waals surface area contributed by atoms with Crippen molar-refractivity contribution in [2.45, 2.75) is 44.0 Å². The fourth-order valence-corrected chi connectivity index (χ4v) is 3.69. The number of carbonyl (C=O) groups is 1. The first-order valence-electron chi connectivity index (χ1n) is 9.43. The molecule has 0 spiro atoms. The van der Waals surface area contributed by atoms with Crippen LogP contribution in [0.5, 0.6) is 5.75 Å². The average molecular weight is 408 g/mol. The maximum Gasteiger partial charge on any atom is 0.416 e. The summed E-state index contributed by atoms with van der Waals surface area (Å²) in [6, 6.07) is 5.80. The maximum absolute atomic E-state index is 12.9.